The van der Waals surface area contributed by atoms with Crippen LogP contribution >= 0.6 is 15.9 Å². The number of benzene rings is 4. The number of piperidine rings is 2. The first kappa shape index (κ1) is 47.8. The van der Waals surface area contributed by atoms with Crippen molar-refractivity contribution in [3.8, 4) is 12.1 Å². The Morgan fingerprint density at radius 2 is 0.927 bits per heavy atom. The van der Waals surface area contributed by atoms with E-state index in [1.807, 2.05) is 38.1 Å². The van der Waals surface area contributed by atoms with E-state index in [1.165, 1.54) is 35.3 Å². The van der Waals surface area contributed by atoms with Gasteiger partial charge < -0.3 is 26.5 Å². The number of rotatable bonds is 5. The van der Waals surface area contributed by atoms with Gasteiger partial charge in [-0.2, -0.15) is 10.5 Å². The molecule has 6 nitrogen and oxygen atoms in total. The van der Waals surface area contributed by atoms with E-state index in [1.54, 1.807) is 0 Å². The van der Waals surface area contributed by atoms with Gasteiger partial charge in [0.15, 0.2) is 0 Å². The van der Waals surface area contributed by atoms with Crippen LogP contribution in [0.15, 0.2) is 102 Å². The van der Waals surface area contributed by atoms with Crippen LogP contribution in [-0.4, -0.2) is 44.5 Å². The molecule has 3 saturated heterocycles. The fraction of sp³-hybridized carbons (Fsp3) is 0.413. The van der Waals surface area contributed by atoms with E-state index in [0.29, 0.717) is 11.8 Å². The van der Waals surface area contributed by atoms with Crippen molar-refractivity contribution in [3.05, 3.63) is 131 Å². The molecule has 0 aromatic heterocycles. The van der Waals surface area contributed by atoms with Crippen molar-refractivity contribution >= 4 is 39.9 Å². The van der Waals surface area contributed by atoms with Crippen LogP contribution in [0.5, 0.6) is 0 Å². The summed E-state index contributed by atoms with van der Waals surface area (Å²) in [6, 6.07) is 37.7. The van der Waals surface area contributed by atoms with Gasteiger partial charge in [0, 0.05) is 63.1 Å². The average molecular weight is 975 g/mol. The zero-order valence-corrected chi connectivity index (χ0v) is 37.5. The standard InChI is InChI=1S/C24H29BN2O2.C18H17BrN2.C2H6.CH4.CH3.W/c1-23(2)24(3,4)29-25(28-23)21-9-11-22(12-10-21)27-15-13-20(14-16-27)19-7-5-18(17-26)6-8-19;19-17-5-7-18(8-6-17)21-11-9-16(10-12-21)15-3-1-14(13-20)2-4-15;1-2;;;/h5-12,20H,13-16H2,1-4H3;1-8,16H,9-12H2;1-2H3;1H4;1H3;/q;;;;-1;. The molecule has 4 aromatic carbocycles. The van der Waals surface area contributed by atoms with Crippen molar-refractivity contribution < 1.29 is 30.4 Å². The van der Waals surface area contributed by atoms with Gasteiger partial charge in [0.25, 0.3) is 0 Å². The van der Waals surface area contributed by atoms with Crippen molar-refractivity contribution in [2.75, 3.05) is 36.0 Å². The predicted octanol–water partition coefficient (Wildman–Crippen LogP) is 11.1. The van der Waals surface area contributed by atoms with Gasteiger partial charge in [-0.25, -0.2) is 0 Å². The SMILES string of the molecule is C.CC.CC1(C)OB(c2ccc(N3CCC(c4ccc(C#N)cc4)CC3)cc2)OC1(C)C.N#Cc1ccc(C2CCN(c3ccc(Br)cc3)CC2)cc1.[CH3-].[W]. The summed E-state index contributed by atoms with van der Waals surface area (Å²) in [6.45, 7) is 16.6. The molecule has 3 aliphatic heterocycles. The molecule has 3 heterocycles. The number of halogens is 1. The summed E-state index contributed by atoms with van der Waals surface area (Å²) in [4.78, 5) is 4.90. The van der Waals surface area contributed by atoms with E-state index >= 15 is 0 Å². The van der Waals surface area contributed by atoms with Crippen LogP contribution in [0.2, 0.25) is 0 Å². The molecule has 0 N–H and O–H groups in total. The molecule has 0 unspecified atom stereocenters. The van der Waals surface area contributed by atoms with Gasteiger partial charge >= 0.3 is 7.12 Å². The zero-order chi connectivity index (χ0) is 37.3. The summed E-state index contributed by atoms with van der Waals surface area (Å²) in [5.41, 5.74) is 7.18. The Morgan fingerprint density at radius 3 is 1.25 bits per heavy atom. The monoisotopic (exact) mass is 973 g/mol. The van der Waals surface area contributed by atoms with Crippen molar-refractivity contribution in [2.45, 2.75) is 97.7 Å². The third-order valence-corrected chi connectivity index (χ3v) is 11.5. The first-order chi connectivity index (χ1) is 25.0. The molecule has 7 rings (SSSR count). The number of hydrogen-bond donors (Lipinski definition) is 0. The fourth-order valence-corrected chi connectivity index (χ4v) is 7.34. The van der Waals surface area contributed by atoms with Gasteiger partial charge in [0.05, 0.1) is 34.5 Å². The van der Waals surface area contributed by atoms with Crippen molar-refractivity contribution in [3.63, 3.8) is 0 Å². The van der Waals surface area contributed by atoms with Gasteiger partial charge in [-0.3, -0.25) is 0 Å². The quantitative estimate of drug-likeness (QED) is 0.147. The molecule has 3 aliphatic rings. The van der Waals surface area contributed by atoms with E-state index in [0.717, 1.165) is 60.1 Å². The summed E-state index contributed by atoms with van der Waals surface area (Å²) in [5, 5.41) is 17.8. The van der Waals surface area contributed by atoms with Crippen molar-refractivity contribution in [1.82, 2.24) is 0 Å². The first-order valence-electron chi connectivity index (χ1n) is 18.8. The number of nitrogens with zero attached hydrogens (tertiary/aromatic N) is 4. The third kappa shape index (κ3) is 12.1. The first-order valence-corrected chi connectivity index (χ1v) is 19.6. The summed E-state index contributed by atoms with van der Waals surface area (Å²) in [5.74, 6) is 1.19. The summed E-state index contributed by atoms with van der Waals surface area (Å²) < 4.78 is 13.4. The molecule has 0 bridgehead atoms. The Labute approximate surface area is 355 Å². The van der Waals surface area contributed by atoms with Crippen LogP contribution in [0.25, 0.3) is 0 Å². The maximum atomic E-state index is 8.97. The molecular formula is C46H59BBrN4O2W-. The van der Waals surface area contributed by atoms with E-state index < -0.39 is 0 Å². The summed E-state index contributed by atoms with van der Waals surface area (Å²) in [7, 11) is -0.309. The van der Waals surface area contributed by atoms with Gasteiger partial charge in [0.2, 0.25) is 0 Å². The summed E-state index contributed by atoms with van der Waals surface area (Å²) >= 11 is 3.48. The molecule has 0 spiro atoms. The fourth-order valence-electron chi connectivity index (χ4n) is 7.08. The third-order valence-electron chi connectivity index (χ3n) is 11.0. The van der Waals surface area contributed by atoms with E-state index in [-0.39, 0.29) is 54.2 Å². The Morgan fingerprint density at radius 1 is 0.600 bits per heavy atom. The van der Waals surface area contributed by atoms with Crippen molar-refractivity contribution in [2.24, 2.45) is 0 Å². The van der Waals surface area contributed by atoms with Gasteiger partial charge in [0.1, 0.15) is 0 Å². The number of hydrogen-bond acceptors (Lipinski definition) is 6. The van der Waals surface area contributed by atoms with Crippen LogP contribution in [0, 0.1) is 30.1 Å². The molecule has 0 radical (unpaired) electrons. The van der Waals surface area contributed by atoms with Crippen LogP contribution < -0.4 is 15.3 Å². The Bertz CT molecular complexity index is 1790. The summed E-state index contributed by atoms with van der Waals surface area (Å²) in [6.07, 6.45) is 4.60. The van der Waals surface area contributed by atoms with Crippen LogP contribution in [-0.2, 0) is 30.4 Å². The second-order valence-corrected chi connectivity index (χ2v) is 15.6. The van der Waals surface area contributed by atoms with Crippen LogP contribution in [0.1, 0.15) is 109 Å². The normalized spacial score (nSPS) is 17.3. The Kier molecular flexibility index (Phi) is 18.9. The molecule has 55 heavy (non-hydrogen) atoms. The topological polar surface area (TPSA) is 72.5 Å². The molecule has 0 amide bonds. The van der Waals surface area contributed by atoms with E-state index in [2.05, 4.69) is 138 Å². The van der Waals surface area contributed by atoms with Crippen LogP contribution in [0.3, 0.4) is 0 Å². The Balaban J connectivity index is 0.000000360. The van der Waals surface area contributed by atoms with E-state index in [4.69, 9.17) is 19.8 Å². The number of nitriles is 2. The molecular weight excluding hydrogens is 915 g/mol. The second-order valence-electron chi connectivity index (χ2n) is 14.6. The molecule has 0 saturated carbocycles. The molecule has 0 atom stereocenters. The van der Waals surface area contributed by atoms with Gasteiger partial charge in [-0.1, -0.05) is 73.6 Å². The zero-order valence-electron chi connectivity index (χ0n) is 33.0. The minimum atomic E-state index is -0.316. The average Bonchev–Trinajstić information content (AvgIpc) is 3.42. The second kappa shape index (κ2) is 21.8. The maximum absolute atomic E-state index is 8.97. The van der Waals surface area contributed by atoms with E-state index in [9.17, 15) is 0 Å². The largest absolute Gasteiger partial charge is 0.494 e. The van der Waals surface area contributed by atoms with Crippen molar-refractivity contribution in [1.29, 1.82) is 10.5 Å². The number of anilines is 2. The minimum absolute atomic E-state index is 0. The predicted molar refractivity (Wildman–Crippen MR) is 231 cm³/mol. The van der Waals surface area contributed by atoms with Gasteiger partial charge in [-0.05, 0) is 142 Å². The van der Waals surface area contributed by atoms with Gasteiger partial charge in [-0.15, -0.1) is 0 Å². The molecule has 3 fully saturated rings. The molecule has 292 valence electrons. The molecule has 4 aromatic rings. The smallest absolute Gasteiger partial charge is 0.399 e. The molecule has 9 heteroatoms. The maximum Gasteiger partial charge on any atom is 0.494 e. The van der Waals surface area contributed by atoms with Crippen LogP contribution in [0.4, 0.5) is 11.4 Å². The minimum Gasteiger partial charge on any atom is -0.399 e. The Hall–Kier alpha value is -3.39. The molecule has 0 aliphatic carbocycles.